The Morgan fingerprint density at radius 1 is 1.34 bits per heavy atom. The van der Waals surface area contributed by atoms with E-state index in [1.807, 2.05) is 6.07 Å². The van der Waals surface area contributed by atoms with Gasteiger partial charge >= 0.3 is 0 Å². The Balaban J connectivity index is 1.80. The standard InChI is InChI=1S/C18H13ClN4O4S2/c1-2-29(25,26)18-22-17(28-23-18)21-16(24)11(10-20)9-12-7-8-15(27-12)13-5-3-4-6-14(13)19/h3-9H,2H2,1H3,(H,21,22,23,24). The number of furan rings is 1. The third-order valence-electron chi connectivity index (χ3n) is 3.70. The van der Waals surface area contributed by atoms with Crippen LogP contribution < -0.4 is 5.32 Å². The van der Waals surface area contributed by atoms with E-state index in [0.717, 1.165) is 0 Å². The van der Waals surface area contributed by atoms with Crippen LogP contribution in [0.15, 0.2) is 51.5 Å². The summed E-state index contributed by atoms with van der Waals surface area (Å²) in [6, 6.07) is 12.2. The Hall–Kier alpha value is -3.00. The van der Waals surface area contributed by atoms with Crippen molar-refractivity contribution < 1.29 is 17.6 Å². The Bertz CT molecular complexity index is 1240. The van der Waals surface area contributed by atoms with E-state index in [4.69, 9.17) is 16.0 Å². The summed E-state index contributed by atoms with van der Waals surface area (Å²) >= 11 is 6.85. The highest BCUT2D eigenvalue weighted by Gasteiger charge is 2.20. The minimum absolute atomic E-state index is 0.0284. The molecule has 0 saturated heterocycles. The minimum atomic E-state index is -3.58. The largest absolute Gasteiger partial charge is 0.457 e. The second kappa shape index (κ2) is 8.57. The number of carbonyl (C=O) groups is 1. The van der Waals surface area contributed by atoms with Crippen LogP contribution in [0.25, 0.3) is 17.4 Å². The summed E-state index contributed by atoms with van der Waals surface area (Å²) < 4.78 is 32.9. The van der Waals surface area contributed by atoms with Gasteiger partial charge in [0, 0.05) is 23.2 Å². The normalized spacial score (nSPS) is 11.8. The number of anilines is 1. The molecular weight excluding hydrogens is 436 g/mol. The quantitative estimate of drug-likeness (QED) is 0.449. The molecule has 148 valence electrons. The molecule has 1 aromatic carbocycles. The fraction of sp³-hybridized carbons (Fsp3) is 0.111. The maximum absolute atomic E-state index is 12.3. The zero-order chi connectivity index (χ0) is 21.0. The van der Waals surface area contributed by atoms with Gasteiger partial charge in [-0.05, 0) is 24.3 Å². The van der Waals surface area contributed by atoms with Crippen molar-refractivity contribution in [1.29, 1.82) is 5.26 Å². The molecule has 1 N–H and O–H groups in total. The zero-order valence-corrected chi connectivity index (χ0v) is 17.3. The molecule has 0 fully saturated rings. The van der Waals surface area contributed by atoms with E-state index in [2.05, 4.69) is 14.7 Å². The van der Waals surface area contributed by atoms with Crippen molar-refractivity contribution in [1.82, 2.24) is 9.36 Å². The summed E-state index contributed by atoms with van der Waals surface area (Å²) in [4.78, 5) is 16.1. The van der Waals surface area contributed by atoms with Gasteiger partial charge in [-0.2, -0.15) is 14.6 Å². The summed E-state index contributed by atoms with van der Waals surface area (Å²) in [7, 11) is -3.58. The summed E-state index contributed by atoms with van der Waals surface area (Å²) in [6.45, 7) is 1.46. The average Bonchev–Trinajstić information content (AvgIpc) is 3.36. The lowest BCUT2D eigenvalue weighted by atomic mass is 10.2. The van der Waals surface area contributed by atoms with Gasteiger partial charge in [0.1, 0.15) is 23.2 Å². The van der Waals surface area contributed by atoms with Crippen LogP contribution in [-0.2, 0) is 14.6 Å². The Morgan fingerprint density at radius 2 is 2.10 bits per heavy atom. The average molecular weight is 449 g/mol. The van der Waals surface area contributed by atoms with E-state index in [-0.39, 0.29) is 27.4 Å². The number of nitrogens with one attached hydrogen (secondary N) is 1. The van der Waals surface area contributed by atoms with Crippen LogP contribution in [0.2, 0.25) is 5.02 Å². The number of nitrogens with zero attached hydrogens (tertiary/aromatic N) is 3. The molecule has 0 aliphatic heterocycles. The highest BCUT2D eigenvalue weighted by Crippen LogP contribution is 2.29. The van der Waals surface area contributed by atoms with Gasteiger partial charge in [0.2, 0.25) is 15.0 Å². The Kier molecular flexibility index (Phi) is 6.12. The van der Waals surface area contributed by atoms with Crippen LogP contribution in [0.5, 0.6) is 0 Å². The van der Waals surface area contributed by atoms with Crippen LogP contribution in [0.3, 0.4) is 0 Å². The van der Waals surface area contributed by atoms with E-state index in [1.54, 1.807) is 36.4 Å². The van der Waals surface area contributed by atoms with Crippen LogP contribution in [0.4, 0.5) is 5.13 Å². The lowest BCUT2D eigenvalue weighted by Crippen LogP contribution is -2.13. The van der Waals surface area contributed by atoms with Crippen molar-refractivity contribution in [3.8, 4) is 17.4 Å². The van der Waals surface area contributed by atoms with Gasteiger partial charge in [0.05, 0.1) is 10.8 Å². The molecule has 0 unspecified atom stereocenters. The van der Waals surface area contributed by atoms with E-state index in [0.29, 0.717) is 27.9 Å². The van der Waals surface area contributed by atoms with Crippen molar-refractivity contribution in [3.63, 3.8) is 0 Å². The first-order chi connectivity index (χ1) is 13.8. The topological polar surface area (TPSA) is 126 Å². The molecule has 0 bridgehead atoms. The first-order valence-corrected chi connectivity index (χ1v) is 11.0. The molecule has 11 heteroatoms. The number of sulfone groups is 1. The predicted molar refractivity (Wildman–Crippen MR) is 109 cm³/mol. The zero-order valence-electron chi connectivity index (χ0n) is 14.9. The second-order valence-electron chi connectivity index (χ2n) is 5.59. The lowest BCUT2D eigenvalue weighted by molar-refractivity contribution is -0.112. The molecule has 0 aliphatic carbocycles. The number of halogens is 1. The second-order valence-corrected chi connectivity index (χ2v) is 8.92. The molecule has 0 radical (unpaired) electrons. The number of carbonyl (C=O) groups excluding carboxylic acids is 1. The van der Waals surface area contributed by atoms with Crippen LogP contribution in [0.1, 0.15) is 12.7 Å². The maximum atomic E-state index is 12.3. The van der Waals surface area contributed by atoms with E-state index < -0.39 is 15.7 Å². The van der Waals surface area contributed by atoms with Gasteiger partial charge in [-0.1, -0.05) is 30.7 Å². The van der Waals surface area contributed by atoms with Gasteiger partial charge in [-0.15, -0.1) is 0 Å². The van der Waals surface area contributed by atoms with Crippen LogP contribution in [0, 0.1) is 11.3 Å². The fourth-order valence-electron chi connectivity index (χ4n) is 2.21. The summed E-state index contributed by atoms with van der Waals surface area (Å²) in [5.41, 5.74) is 0.426. The number of hydrogen-bond donors (Lipinski definition) is 1. The molecule has 0 saturated carbocycles. The molecule has 8 nitrogen and oxygen atoms in total. The summed E-state index contributed by atoms with van der Waals surface area (Å²) in [5, 5.41) is 11.8. The molecule has 0 spiro atoms. The molecule has 1 amide bonds. The Morgan fingerprint density at radius 3 is 2.79 bits per heavy atom. The number of benzene rings is 1. The van der Waals surface area contributed by atoms with E-state index in [9.17, 15) is 18.5 Å². The molecule has 3 rings (SSSR count). The molecule has 0 aliphatic rings. The van der Waals surface area contributed by atoms with Gasteiger partial charge in [0.25, 0.3) is 11.1 Å². The van der Waals surface area contributed by atoms with Gasteiger partial charge in [0.15, 0.2) is 0 Å². The van der Waals surface area contributed by atoms with Gasteiger partial charge < -0.3 is 4.42 Å². The van der Waals surface area contributed by atoms with E-state index in [1.165, 1.54) is 13.0 Å². The highest BCUT2D eigenvalue weighted by molar-refractivity contribution is 7.91. The van der Waals surface area contributed by atoms with Crippen LogP contribution in [-0.4, -0.2) is 29.4 Å². The third kappa shape index (κ3) is 4.71. The van der Waals surface area contributed by atoms with Crippen molar-refractivity contribution in [2.45, 2.75) is 12.1 Å². The van der Waals surface area contributed by atoms with Gasteiger partial charge in [-0.3, -0.25) is 10.1 Å². The molecule has 0 atom stereocenters. The lowest BCUT2D eigenvalue weighted by Gasteiger charge is -2.00. The minimum Gasteiger partial charge on any atom is -0.457 e. The maximum Gasteiger partial charge on any atom is 0.268 e. The first kappa shape index (κ1) is 20.7. The molecule has 2 heterocycles. The third-order valence-corrected chi connectivity index (χ3v) is 6.28. The number of aromatic nitrogens is 2. The molecular formula is C18H13ClN4O4S2. The molecule has 29 heavy (non-hydrogen) atoms. The number of nitriles is 1. The Labute approximate surface area is 175 Å². The number of hydrogen-bond acceptors (Lipinski definition) is 8. The van der Waals surface area contributed by atoms with Crippen molar-refractivity contribution in [3.05, 3.63) is 52.8 Å². The van der Waals surface area contributed by atoms with Gasteiger partial charge in [-0.25, -0.2) is 8.42 Å². The SMILES string of the molecule is CCS(=O)(=O)c1nsc(NC(=O)C(C#N)=Cc2ccc(-c3ccccc3Cl)o2)n1. The first-order valence-electron chi connectivity index (χ1n) is 8.18. The summed E-state index contributed by atoms with van der Waals surface area (Å²) in [6.07, 6.45) is 1.26. The highest BCUT2D eigenvalue weighted by atomic mass is 35.5. The van der Waals surface area contributed by atoms with Crippen molar-refractivity contribution >= 4 is 50.1 Å². The van der Waals surface area contributed by atoms with Crippen LogP contribution >= 0.6 is 23.1 Å². The number of amides is 1. The fourth-order valence-corrected chi connectivity index (χ4v) is 4.02. The summed E-state index contributed by atoms with van der Waals surface area (Å²) in [5.74, 6) is -0.164. The van der Waals surface area contributed by atoms with Crippen molar-refractivity contribution in [2.75, 3.05) is 11.1 Å². The van der Waals surface area contributed by atoms with Crippen molar-refractivity contribution in [2.24, 2.45) is 0 Å². The number of rotatable bonds is 6. The monoisotopic (exact) mass is 448 g/mol. The molecule has 2 aromatic heterocycles. The smallest absolute Gasteiger partial charge is 0.268 e. The van der Waals surface area contributed by atoms with E-state index >= 15 is 0 Å². The predicted octanol–water partition coefficient (Wildman–Crippen LogP) is 3.79. The molecule has 3 aromatic rings.